The number of carbonyl (C=O) groups excluding carboxylic acids is 1. The Balaban J connectivity index is 1.80. The molecule has 0 spiro atoms. The maximum atomic E-state index is 13.6. The first-order valence-corrected chi connectivity index (χ1v) is 6.19. The van der Waals surface area contributed by atoms with Crippen LogP contribution in [0, 0.1) is 5.82 Å². The first kappa shape index (κ1) is 13.0. The summed E-state index contributed by atoms with van der Waals surface area (Å²) >= 11 is 0. The van der Waals surface area contributed by atoms with Gasteiger partial charge in [0.1, 0.15) is 11.5 Å². The van der Waals surface area contributed by atoms with Crippen LogP contribution in [0.2, 0.25) is 0 Å². The van der Waals surface area contributed by atoms with E-state index in [0.717, 1.165) is 4.85 Å². The number of hydrogen-bond acceptors (Lipinski definition) is 4. The lowest BCUT2D eigenvalue weighted by molar-refractivity contribution is 0.0384. The highest BCUT2D eigenvalue weighted by Gasteiger charge is 2.12. The minimum Gasteiger partial charge on any atom is -0.312 e. The largest absolute Gasteiger partial charge is 0.365 e. The molecule has 21 heavy (non-hydrogen) atoms. The fraction of sp³-hybridized carbons (Fsp3) is 0. The van der Waals surface area contributed by atoms with Gasteiger partial charge in [-0.25, -0.2) is 9.18 Å². The van der Waals surface area contributed by atoms with Crippen LogP contribution in [0.15, 0.2) is 60.8 Å². The van der Waals surface area contributed by atoms with E-state index in [-0.39, 0.29) is 5.69 Å². The van der Waals surface area contributed by atoms with Crippen molar-refractivity contribution in [3.8, 4) is 11.3 Å². The Morgan fingerprint density at radius 3 is 2.52 bits per heavy atom. The van der Waals surface area contributed by atoms with Crippen molar-refractivity contribution in [1.29, 1.82) is 0 Å². The molecule has 1 heterocycles. The average Bonchev–Trinajstić information content (AvgIpc) is 2.97. The van der Waals surface area contributed by atoms with E-state index in [9.17, 15) is 9.18 Å². The van der Waals surface area contributed by atoms with Gasteiger partial charge in [-0.05, 0) is 29.5 Å². The van der Waals surface area contributed by atoms with Crippen LogP contribution in [-0.2, 0) is 0 Å². The summed E-state index contributed by atoms with van der Waals surface area (Å²) in [5, 5.41) is 7.45. The molecule has 0 saturated carbocycles. The van der Waals surface area contributed by atoms with Crippen molar-refractivity contribution in [2.45, 2.75) is 0 Å². The molecule has 0 amide bonds. The molecular weight excluding hydrogens is 273 g/mol. The molecule has 2 aromatic carbocycles. The third-order valence-corrected chi connectivity index (χ3v) is 2.81. The van der Waals surface area contributed by atoms with E-state index in [4.69, 9.17) is 4.84 Å². The molecule has 0 aliphatic heterocycles. The van der Waals surface area contributed by atoms with Crippen LogP contribution in [-0.4, -0.2) is 21.1 Å². The SMILES string of the molecule is O=C(On1cc(-c2ccccc2F)nn1)c1ccccc1. The smallest absolute Gasteiger partial charge is 0.312 e. The van der Waals surface area contributed by atoms with E-state index < -0.39 is 11.8 Å². The van der Waals surface area contributed by atoms with Crippen molar-refractivity contribution in [3.63, 3.8) is 0 Å². The Morgan fingerprint density at radius 2 is 1.76 bits per heavy atom. The molecule has 0 fully saturated rings. The number of halogens is 1. The van der Waals surface area contributed by atoms with E-state index in [0.29, 0.717) is 11.1 Å². The molecule has 0 radical (unpaired) electrons. The monoisotopic (exact) mass is 283 g/mol. The van der Waals surface area contributed by atoms with Crippen LogP contribution in [0.1, 0.15) is 10.4 Å². The summed E-state index contributed by atoms with van der Waals surface area (Å²) in [6.45, 7) is 0. The van der Waals surface area contributed by atoms with E-state index in [1.165, 1.54) is 12.3 Å². The van der Waals surface area contributed by atoms with Crippen LogP contribution < -0.4 is 4.84 Å². The lowest BCUT2D eigenvalue weighted by atomic mass is 10.1. The van der Waals surface area contributed by atoms with Crippen molar-refractivity contribution < 1.29 is 14.0 Å². The minimum absolute atomic E-state index is 0.286. The van der Waals surface area contributed by atoms with Crippen LogP contribution in [0.25, 0.3) is 11.3 Å². The normalized spacial score (nSPS) is 10.3. The quantitative estimate of drug-likeness (QED) is 0.692. The van der Waals surface area contributed by atoms with Crippen molar-refractivity contribution in [1.82, 2.24) is 15.2 Å². The molecule has 0 bridgehead atoms. The standard InChI is InChI=1S/C15H10FN3O2/c16-13-9-5-4-8-12(13)14-10-19(18-17-14)21-15(20)11-6-2-1-3-7-11/h1-10H. The lowest BCUT2D eigenvalue weighted by Gasteiger charge is -2.01. The van der Waals surface area contributed by atoms with Gasteiger partial charge in [-0.2, -0.15) is 0 Å². The molecule has 5 nitrogen and oxygen atoms in total. The molecule has 6 heteroatoms. The second kappa shape index (κ2) is 5.54. The molecule has 0 saturated heterocycles. The fourth-order valence-electron chi connectivity index (χ4n) is 1.80. The molecule has 1 aromatic heterocycles. The summed E-state index contributed by atoms with van der Waals surface area (Å²) in [7, 11) is 0. The second-order valence-electron chi connectivity index (χ2n) is 4.23. The summed E-state index contributed by atoms with van der Waals surface area (Å²) < 4.78 is 13.6. The first-order valence-electron chi connectivity index (χ1n) is 6.19. The molecule has 0 aliphatic rings. The topological polar surface area (TPSA) is 57.0 Å². The van der Waals surface area contributed by atoms with Crippen molar-refractivity contribution in [3.05, 3.63) is 72.2 Å². The predicted molar refractivity (Wildman–Crippen MR) is 72.8 cm³/mol. The summed E-state index contributed by atoms with van der Waals surface area (Å²) in [6, 6.07) is 14.7. The van der Waals surface area contributed by atoms with E-state index in [1.54, 1.807) is 48.5 Å². The average molecular weight is 283 g/mol. The van der Waals surface area contributed by atoms with Gasteiger partial charge in [-0.15, -0.1) is 5.10 Å². The van der Waals surface area contributed by atoms with Crippen molar-refractivity contribution in [2.75, 3.05) is 0 Å². The third kappa shape index (κ3) is 2.79. The highest BCUT2D eigenvalue weighted by molar-refractivity contribution is 5.89. The molecule has 3 rings (SSSR count). The Bertz CT molecular complexity index is 771. The van der Waals surface area contributed by atoms with Gasteiger partial charge < -0.3 is 4.84 Å². The first-order chi connectivity index (χ1) is 10.2. The minimum atomic E-state index is -0.569. The molecule has 0 N–H and O–H groups in total. The molecular formula is C15H10FN3O2. The predicted octanol–water partition coefficient (Wildman–Crippen LogP) is 2.35. The van der Waals surface area contributed by atoms with Crippen LogP contribution in [0.3, 0.4) is 0 Å². The highest BCUT2D eigenvalue weighted by atomic mass is 19.1. The summed E-state index contributed by atoms with van der Waals surface area (Å²) in [4.78, 5) is 17.8. The van der Waals surface area contributed by atoms with Gasteiger partial charge >= 0.3 is 5.97 Å². The maximum Gasteiger partial charge on any atom is 0.365 e. The van der Waals surface area contributed by atoms with E-state index >= 15 is 0 Å². The van der Waals surface area contributed by atoms with Gasteiger partial charge in [0.2, 0.25) is 0 Å². The number of carbonyl (C=O) groups is 1. The molecule has 0 aliphatic carbocycles. The van der Waals surface area contributed by atoms with Crippen LogP contribution in [0.4, 0.5) is 4.39 Å². The number of nitrogens with zero attached hydrogens (tertiary/aromatic N) is 3. The molecule has 3 aromatic rings. The lowest BCUT2D eigenvalue weighted by Crippen LogP contribution is -2.20. The van der Waals surface area contributed by atoms with Gasteiger partial charge in [0.15, 0.2) is 0 Å². The molecule has 104 valence electrons. The molecule has 0 atom stereocenters. The molecule has 0 unspecified atom stereocenters. The summed E-state index contributed by atoms with van der Waals surface area (Å²) in [5.74, 6) is -0.987. The second-order valence-corrected chi connectivity index (χ2v) is 4.23. The Labute approximate surface area is 119 Å². The van der Waals surface area contributed by atoms with Gasteiger partial charge in [-0.1, -0.05) is 35.2 Å². The Kier molecular flexibility index (Phi) is 3.42. The van der Waals surface area contributed by atoms with E-state index in [1.807, 2.05) is 0 Å². The number of rotatable bonds is 3. The van der Waals surface area contributed by atoms with Gasteiger partial charge in [0, 0.05) is 5.56 Å². The number of aromatic nitrogens is 3. The zero-order chi connectivity index (χ0) is 14.7. The van der Waals surface area contributed by atoms with Crippen molar-refractivity contribution >= 4 is 5.97 Å². The highest BCUT2D eigenvalue weighted by Crippen LogP contribution is 2.19. The zero-order valence-electron chi connectivity index (χ0n) is 10.8. The fourth-order valence-corrected chi connectivity index (χ4v) is 1.80. The summed E-state index contributed by atoms with van der Waals surface area (Å²) in [5.41, 5.74) is 0.967. The van der Waals surface area contributed by atoms with Gasteiger partial charge in [0.25, 0.3) is 0 Å². The Hall–Kier alpha value is -3.02. The van der Waals surface area contributed by atoms with Crippen LogP contribution in [0.5, 0.6) is 0 Å². The van der Waals surface area contributed by atoms with Crippen LogP contribution >= 0.6 is 0 Å². The number of hydrogen-bond donors (Lipinski definition) is 0. The van der Waals surface area contributed by atoms with Crippen molar-refractivity contribution in [2.24, 2.45) is 0 Å². The van der Waals surface area contributed by atoms with Gasteiger partial charge in [-0.3, -0.25) is 0 Å². The maximum absolute atomic E-state index is 13.6. The van der Waals surface area contributed by atoms with Gasteiger partial charge in [0.05, 0.1) is 11.8 Å². The third-order valence-electron chi connectivity index (χ3n) is 2.81. The van der Waals surface area contributed by atoms with E-state index in [2.05, 4.69) is 10.3 Å². The Morgan fingerprint density at radius 1 is 1.05 bits per heavy atom. The zero-order valence-corrected chi connectivity index (χ0v) is 10.8. The summed E-state index contributed by atoms with van der Waals surface area (Å²) in [6.07, 6.45) is 1.35. The number of benzene rings is 2.